The van der Waals surface area contributed by atoms with Gasteiger partial charge in [0.1, 0.15) is 70.7 Å². The zero-order valence-electron chi connectivity index (χ0n) is 74.8. The topological polar surface area (TPSA) is 430 Å². The van der Waals surface area contributed by atoms with Crippen LogP contribution in [0.25, 0.3) is 109 Å². The van der Waals surface area contributed by atoms with Gasteiger partial charge in [0.25, 0.3) is 33.9 Å². The molecule has 0 bridgehead atoms. The number of halogens is 8. The summed E-state index contributed by atoms with van der Waals surface area (Å²) in [5.41, 5.74) is 13.6. The number of imidazole rings is 2. The Hall–Kier alpha value is -14.5. The minimum atomic E-state index is -0.721. The molecule has 5 aliphatic rings. The molecule has 25 rings (SSSR count). The molecule has 0 unspecified atom stereocenters. The van der Waals surface area contributed by atoms with Gasteiger partial charge in [0, 0.05) is 77.3 Å². The van der Waals surface area contributed by atoms with E-state index in [1.54, 1.807) is 42.9 Å². The van der Waals surface area contributed by atoms with Gasteiger partial charge in [-0.1, -0.05) is 130 Å². The van der Waals surface area contributed by atoms with Gasteiger partial charge in [-0.3, -0.25) is 24.0 Å². The van der Waals surface area contributed by atoms with Crippen molar-refractivity contribution in [2.75, 3.05) is 32.3 Å². The normalized spacial score (nSPS) is 15.3. The number of nitrogens with zero attached hydrogens (tertiary/aromatic N) is 17. The Labute approximate surface area is 816 Å². The number of anilines is 6. The van der Waals surface area contributed by atoms with E-state index in [1.165, 1.54) is 31.5 Å². The summed E-state index contributed by atoms with van der Waals surface area (Å²) in [7, 11) is 0. The molecule has 5 fully saturated rings. The van der Waals surface area contributed by atoms with Gasteiger partial charge in [0.05, 0.1) is 110 Å². The van der Waals surface area contributed by atoms with E-state index in [4.69, 9.17) is 75.3 Å². The first-order valence-corrected chi connectivity index (χ1v) is 47.6. The van der Waals surface area contributed by atoms with E-state index in [0.29, 0.717) is 114 Å². The second-order valence-electron chi connectivity index (χ2n) is 35.3. The van der Waals surface area contributed by atoms with E-state index in [9.17, 15) is 32.8 Å². The molecule has 20 aromatic rings. The summed E-state index contributed by atoms with van der Waals surface area (Å²) in [6.07, 6.45) is 21.2. The van der Waals surface area contributed by atoms with E-state index in [1.807, 2.05) is 155 Å². The Kier molecular flexibility index (Phi) is 24.3. The van der Waals surface area contributed by atoms with Crippen LogP contribution in [0.3, 0.4) is 0 Å². The van der Waals surface area contributed by atoms with Crippen molar-refractivity contribution < 1.29 is 8.78 Å². The predicted octanol–water partition coefficient (Wildman–Crippen LogP) is 21.5. The molecule has 0 amide bonds. The van der Waals surface area contributed by atoms with Gasteiger partial charge in [-0.25, -0.2) is 49.2 Å². The highest BCUT2D eigenvalue weighted by Gasteiger charge is 2.37. The number of aromatic nitrogens is 22. The fourth-order valence-electron chi connectivity index (χ4n) is 18.3. The molecule has 12 N–H and O–H groups in total. The monoisotopic (exact) mass is 1980 g/mol. The number of nitrogens with two attached hydrogens (primary N) is 1. The molecular weight excluding hydrogens is 1900 g/mol. The quantitative estimate of drug-likeness (QED) is 0.0316. The van der Waals surface area contributed by atoms with Gasteiger partial charge in [-0.15, -0.1) is 0 Å². The molecule has 0 radical (unpaired) electrons. The van der Waals surface area contributed by atoms with Gasteiger partial charge >= 0.3 is 0 Å². The third kappa shape index (κ3) is 17.8. The second-order valence-corrected chi connectivity index (χ2v) is 37.8. The summed E-state index contributed by atoms with van der Waals surface area (Å²) in [6.45, 7) is 9.92. The summed E-state index contributed by atoms with van der Waals surface area (Å²) in [6, 6.07) is 39.5. The van der Waals surface area contributed by atoms with Crippen LogP contribution in [0.15, 0.2) is 202 Å². The number of pyridine rings is 5. The number of rotatable bonds is 20. The van der Waals surface area contributed by atoms with Crippen LogP contribution in [-0.4, -0.2) is 108 Å². The fraction of sp³-hybridized carbons (Fsp3) is 0.255. The SMILES string of the molecule is C[C@H](Nc1nc(N)nc2nc[nH]c12)c1cc2cccc(Cl)c2c(=O)n1C1CC1.C[C@H](Nc1ncnc2[nH]cc(Cl)c12)c1cc2cccc(Cl)c2c(=O)n1C1CC1.C[C@H](Nc1ncnc2[nH]cc(F)c12)c1cc2cccc(Cl)c2c(=O)n1C1CC1.C[C@H](Nc1ncnc2[nH]ccc12)c1cc2cccc(Cl)c2c(=O)n1C1CC1.C[C@H](Nc1ncnc2nc(F)[nH]c12)c1cc2cccc(Cl)c2c(=O)n1C1CC1. The molecule has 139 heavy (non-hydrogen) atoms. The molecule has 15 heterocycles. The van der Waals surface area contributed by atoms with Crippen LogP contribution in [0.2, 0.25) is 30.1 Å². The van der Waals surface area contributed by atoms with Crippen LogP contribution in [0.5, 0.6) is 0 Å². The van der Waals surface area contributed by atoms with E-state index in [0.717, 1.165) is 142 Å². The lowest BCUT2D eigenvalue weighted by atomic mass is 10.1. The molecule has 704 valence electrons. The molecule has 5 atom stereocenters. The average Bonchev–Trinajstić information content (AvgIpc) is 1.71. The van der Waals surface area contributed by atoms with Crippen LogP contribution < -0.4 is 60.1 Å². The van der Waals surface area contributed by atoms with Gasteiger partial charge in [-0.2, -0.15) is 19.3 Å². The first-order chi connectivity index (χ1) is 67.3. The lowest BCUT2D eigenvalue weighted by molar-refractivity contribution is 0.556. The maximum absolute atomic E-state index is 14.2. The standard InChI is InChI=1S/C20H17Cl2N5O.C20H17ClFN5O.C20H18ClN5O.C19H16ClFN6O.C19H18ClN7O/c2*1-10(26-19-17-14(22)8-23-18(17)24-9-25-19)15-7-11-3-2-4-13(21)16(11)20(28)27(15)12-5-6-12;1-11(25-19-14-7-8-22-18(14)23-10-24-19)16-9-12-3-2-4-15(21)17(12)20(27)26(16)13-5-6-13;1-9(24-16-15-17(23-8-22-16)26-19(21)25-15)13-7-10-3-2-4-12(20)14(10)18(28)27(13)11-5-6-11;1-9(24-17-15-16(23-8-22-15)25-19(21)26-17)13-7-10-3-2-4-12(20)14(10)18(28)27(13)11-5-6-11/h2*2-4,7-10,12H,5-6H2,1H3,(H2,23,24,25,26);2-4,7-11,13H,5-6H2,1H3,(H2,22,23,24,25);2-4,7-9,11H,5-6H2,1H3,(H2,22,23,24,25,26);2-4,7-9,11H,5-6H2,1H3,(H4,21,22,23,24,25,26)/t2*10-;11-;2*9-/m00000/s1. The summed E-state index contributed by atoms with van der Waals surface area (Å²) < 4.78 is 36.9. The molecule has 5 aliphatic carbocycles. The van der Waals surface area contributed by atoms with Crippen molar-refractivity contribution in [3.05, 3.63) is 300 Å². The molecule has 5 saturated carbocycles. The Morgan fingerprint density at radius 1 is 0.345 bits per heavy atom. The highest BCUT2D eigenvalue weighted by atomic mass is 35.5. The molecule has 5 aromatic carbocycles. The van der Waals surface area contributed by atoms with Crippen LogP contribution in [0.4, 0.5) is 43.8 Å². The van der Waals surface area contributed by atoms with Crippen molar-refractivity contribution in [2.24, 2.45) is 0 Å². The van der Waals surface area contributed by atoms with Crippen LogP contribution >= 0.6 is 69.6 Å². The lowest BCUT2D eigenvalue weighted by Crippen LogP contribution is -2.26. The Balaban J connectivity index is 0.000000103. The van der Waals surface area contributed by atoms with Crippen molar-refractivity contribution in [1.82, 2.24) is 108 Å². The predicted molar refractivity (Wildman–Crippen MR) is 542 cm³/mol. The van der Waals surface area contributed by atoms with Crippen LogP contribution in [-0.2, 0) is 0 Å². The van der Waals surface area contributed by atoms with Crippen molar-refractivity contribution >= 4 is 214 Å². The Morgan fingerprint density at radius 3 is 1.09 bits per heavy atom. The summed E-state index contributed by atoms with van der Waals surface area (Å²) >= 11 is 37.9. The number of benzene rings is 5. The Morgan fingerprint density at radius 2 is 0.683 bits per heavy atom. The van der Waals surface area contributed by atoms with E-state index >= 15 is 0 Å². The number of hydrogen-bond acceptors (Lipinski definition) is 23. The average molecular weight is 1990 g/mol. The molecule has 33 nitrogen and oxygen atoms in total. The highest BCUT2D eigenvalue weighted by molar-refractivity contribution is 6.38. The number of nitrogens with one attached hydrogen (secondary N) is 10. The number of fused-ring (bicyclic) bond motifs is 10. The fourth-order valence-corrected chi connectivity index (χ4v) is 19.8. The van der Waals surface area contributed by atoms with E-state index in [-0.39, 0.29) is 99.8 Å². The van der Waals surface area contributed by atoms with Gasteiger partial charge in [0.15, 0.2) is 28.7 Å². The first kappa shape index (κ1) is 91.0. The van der Waals surface area contributed by atoms with Gasteiger partial charge in [0.2, 0.25) is 5.95 Å². The molecular formula is C98H86Cl6F2N28O5. The minimum absolute atomic E-state index is 0.0151. The zero-order chi connectivity index (χ0) is 96.2. The minimum Gasteiger partial charge on any atom is -0.368 e. The maximum Gasteiger partial charge on any atom is 0.289 e. The largest absolute Gasteiger partial charge is 0.368 e. The van der Waals surface area contributed by atoms with Gasteiger partial charge < -0.3 is 80.1 Å². The number of aromatic amines is 5. The molecule has 0 saturated heterocycles. The third-order valence-corrected chi connectivity index (χ3v) is 27.5. The summed E-state index contributed by atoms with van der Waals surface area (Å²) in [5.74, 6) is 2.45. The maximum atomic E-state index is 14.2. The summed E-state index contributed by atoms with van der Waals surface area (Å²) in [4.78, 5) is 130. The molecule has 41 heteroatoms. The number of H-pyrrole nitrogens is 5. The zero-order valence-corrected chi connectivity index (χ0v) is 79.4. The molecule has 0 aliphatic heterocycles. The molecule has 15 aromatic heterocycles. The van der Waals surface area contributed by atoms with Crippen molar-refractivity contribution in [1.29, 1.82) is 0 Å². The third-order valence-electron chi connectivity index (χ3n) is 25.6. The van der Waals surface area contributed by atoms with Crippen molar-refractivity contribution in [3.63, 3.8) is 0 Å². The van der Waals surface area contributed by atoms with Crippen LogP contribution in [0, 0.1) is 11.9 Å². The highest BCUT2D eigenvalue weighted by Crippen LogP contribution is 2.45. The Bertz CT molecular complexity index is 8260. The van der Waals surface area contributed by atoms with Gasteiger partial charge in [-0.05, 0) is 192 Å². The van der Waals surface area contributed by atoms with Crippen LogP contribution in [0.1, 0.15) is 188 Å². The second kappa shape index (κ2) is 37.1. The van der Waals surface area contributed by atoms with Crippen molar-refractivity contribution in [3.8, 4) is 0 Å². The number of nitrogen functional groups attached to an aromatic ring is 1. The van der Waals surface area contributed by atoms with E-state index < -0.39 is 11.9 Å². The molecule has 0 spiro atoms. The first-order valence-electron chi connectivity index (χ1n) is 45.3. The summed E-state index contributed by atoms with van der Waals surface area (Å²) in [5, 5.41) is 28.5. The van der Waals surface area contributed by atoms with E-state index in [2.05, 4.69) is 117 Å². The smallest absolute Gasteiger partial charge is 0.289 e. The van der Waals surface area contributed by atoms with Crippen molar-refractivity contribution in [2.45, 2.75) is 159 Å². The lowest BCUT2D eigenvalue weighted by Gasteiger charge is -2.21. The number of hydrogen-bond donors (Lipinski definition) is 11.